The Balaban J connectivity index is 2.42. The van der Waals surface area contributed by atoms with Crippen LogP contribution in [-0.2, 0) is 4.74 Å². The molecule has 0 spiro atoms. The fourth-order valence-corrected chi connectivity index (χ4v) is 3.85. The van der Waals surface area contributed by atoms with Crippen LogP contribution >= 0.6 is 33.9 Å². The van der Waals surface area contributed by atoms with Gasteiger partial charge < -0.3 is 15.4 Å². The molecule has 0 unspecified atom stereocenters. The minimum absolute atomic E-state index is 0.462. The summed E-state index contributed by atoms with van der Waals surface area (Å²) in [6, 6.07) is 2.15. The topological polar surface area (TPSA) is 79.3 Å². The maximum absolute atomic E-state index is 11.3. The van der Waals surface area contributed by atoms with Crippen molar-refractivity contribution in [2.75, 3.05) is 31.2 Å². The molecule has 1 aromatic rings. The van der Waals surface area contributed by atoms with E-state index >= 15 is 0 Å². The highest BCUT2D eigenvalue weighted by atomic mass is 127. The van der Waals surface area contributed by atoms with Crippen molar-refractivity contribution >= 4 is 44.8 Å². The van der Waals surface area contributed by atoms with Crippen molar-refractivity contribution in [3.8, 4) is 6.07 Å². The van der Waals surface area contributed by atoms with Crippen LogP contribution < -0.4 is 10.6 Å². The van der Waals surface area contributed by atoms with Crippen molar-refractivity contribution in [3.05, 3.63) is 14.0 Å². The Morgan fingerprint density at radius 3 is 2.71 bits per heavy atom. The molecule has 0 aliphatic carbocycles. The minimum Gasteiger partial charge on any atom is -0.378 e. The first-order valence-corrected chi connectivity index (χ1v) is 6.89. The average molecular weight is 363 g/mol. The lowest BCUT2D eigenvalue weighted by atomic mass is 10.3. The Hall–Kier alpha value is -0.850. The first-order valence-electron chi connectivity index (χ1n) is 5.00. The van der Waals surface area contributed by atoms with Gasteiger partial charge >= 0.3 is 0 Å². The van der Waals surface area contributed by atoms with Gasteiger partial charge in [0.2, 0.25) is 0 Å². The van der Waals surface area contributed by atoms with E-state index in [2.05, 4.69) is 11.0 Å². The standard InChI is InChI=1S/C10H10IN3O2S/c11-7-6(5-12)10(17-8(7)9(13)15)14-1-3-16-4-2-14/h1-4H2,(H2,13,15). The molecule has 17 heavy (non-hydrogen) atoms. The molecule has 0 saturated carbocycles. The SMILES string of the molecule is N#Cc1c(N2CCOCC2)sc(C(N)=O)c1I. The molecule has 0 atom stereocenters. The second-order valence-corrected chi connectivity index (χ2v) is 5.58. The molecule has 5 nitrogen and oxygen atoms in total. The lowest BCUT2D eigenvalue weighted by Crippen LogP contribution is -2.36. The smallest absolute Gasteiger partial charge is 0.259 e. The van der Waals surface area contributed by atoms with Crippen LogP contribution in [0, 0.1) is 14.9 Å². The number of morpholine rings is 1. The summed E-state index contributed by atoms with van der Waals surface area (Å²) in [4.78, 5) is 13.8. The summed E-state index contributed by atoms with van der Waals surface area (Å²) in [5.74, 6) is -0.476. The molecule has 1 fully saturated rings. The number of nitrogens with two attached hydrogens (primary N) is 1. The largest absolute Gasteiger partial charge is 0.378 e. The van der Waals surface area contributed by atoms with Gasteiger partial charge in [0.05, 0.1) is 16.8 Å². The minimum atomic E-state index is -0.476. The molecule has 2 N–H and O–H groups in total. The molecule has 1 aliphatic heterocycles. The number of anilines is 1. The summed E-state index contributed by atoms with van der Waals surface area (Å²) in [6.07, 6.45) is 0. The van der Waals surface area contributed by atoms with E-state index in [-0.39, 0.29) is 0 Å². The van der Waals surface area contributed by atoms with E-state index in [1.807, 2.05) is 22.6 Å². The number of hydrogen-bond donors (Lipinski definition) is 1. The Labute approximate surface area is 116 Å². The molecule has 1 saturated heterocycles. The fraction of sp³-hybridized carbons (Fsp3) is 0.400. The second-order valence-electron chi connectivity index (χ2n) is 3.50. The third-order valence-electron chi connectivity index (χ3n) is 2.47. The van der Waals surface area contributed by atoms with Crippen LogP contribution in [0.5, 0.6) is 0 Å². The molecule has 1 aliphatic rings. The molecule has 0 aromatic carbocycles. The summed E-state index contributed by atoms with van der Waals surface area (Å²) in [7, 11) is 0. The van der Waals surface area contributed by atoms with Gasteiger partial charge in [0, 0.05) is 13.1 Å². The number of hydrogen-bond acceptors (Lipinski definition) is 5. The fourth-order valence-electron chi connectivity index (χ4n) is 1.64. The summed E-state index contributed by atoms with van der Waals surface area (Å²) >= 11 is 3.29. The maximum atomic E-state index is 11.3. The number of nitriles is 1. The molecule has 1 aromatic heterocycles. The summed E-state index contributed by atoms with van der Waals surface area (Å²) in [6.45, 7) is 2.77. The van der Waals surface area contributed by atoms with Crippen molar-refractivity contribution in [2.24, 2.45) is 5.73 Å². The lowest BCUT2D eigenvalue weighted by molar-refractivity contribution is 0.100. The van der Waals surface area contributed by atoms with E-state index in [9.17, 15) is 4.79 Å². The van der Waals surface area contributed by atoms with E-state index in [4.69, 9.17) is 15.7 Å². The Morgan fingerprint density at radius 2 is 2.18 bits per heavy atom. The van der Waals surface area contributed by atoms with Gasteiger partial charge in [-0.1, -0.05) is 0 Å². The Bertz CT molecular complexity index is 488. The molecule has 0 bridgehead atoms. The van der Waals surface area contributed by atoms with Crippen LogP contribution in [0.25, 0.3) is 0 Å². The van der Waals surface area contributed by atoms with Gasteiger partial charge in [-0.15, -0.1) is 11.3 Å². The first-order chi connectivity index (χ1) is 8.15. The van der Waals surface area contributed by atoms with Crippen molar-refractivity contribution in [1.29, 1.82) is 5.26 Å². The van der Waals surface area contributed by atoms with E-state index in [0.717, 1.165) is 18.1 Å². The van der Waals surface area contributed by atoms with Crippen LogP contribution in [-0.4, -0.2) is 32.2 Å². The number of rotatable bonds is 2. The number of primary amides is 1. The van der Waals surface area contributed by atoms with Gasteiger partial charge in [0.25, 0.3) is 5.91 Å². The van der Waals surface area contributed by atoms with Crippen molar-refractivity contribution in [1.82, 2.24) is 0 Å². The number of halogens is 1. The van der Waals surface area contributed by atoms with Gasteiger partial charge in [-0.05, 0) is 22.6 Å². The van der Waals surface area contributed by atoms with Crippen LogP contribution in [0.2, 0.25) is 0 Å². The third-order valence-corrected chi connectivity index (χ3v) is 5.18. The highest BCUT2D eigenvalue weighted by Gasteiger charge is 2.24. The van der Waals surface area contributed by atoms with Gasteiger partial charge in [0.15, 0.2) is 0 Å². The van der Waals surface area contributed by atoms with E-state index in [1.54, 1.807) is 0 Å². The van der Waals surface area contributed by atoms with Crippen LogP contribution in [0.15, 0.2) is 0 Å². The zero-order valence-electron chi connectivity index (χ0n) is 8.90. The van der Waals surface area contributed by atoms with Crippen LogP contribution in [0.3, 0.4) is 0 Å². The predicted octanol–water partition coefficient (Wildman–Crippen LogP) is 1.16. The molecule has 2 heterocycles. The maximum Gasteiger partial charge on any atom is 0.259 e. The quantitative estimate of drug-likeness (QED) is 0.800. The summed E-state index contributed by atoms with van der Waals surface area (Å²) in [5, 5.41) is 9.99. The number of carbonyl (C=O) groups excluding carboxylic acids is 1. The third kappa shape index (κ3) is 2.38. The molecule has 1 amide bonds. The number of carbonyl (C=O) groups is 1. The van der Waals surface area contributed by atoms with Gasteiger partial charge in [-0.3, -0.25) is 4.79 Å². The number of amides is 1. The normalized spacial score (nSPS) is 15.6. The molecule has 7 heteroatoms. The molecular formula is C10H10IN3O2S. The van der Waals surface area contributed by atoms with Crippen LogP contribution in [0.1, 0.15) is 15.2 Å². The zero-order valence-corrected chi connectivity index (χ0v) is 11.9. The Morgan fingerprint density at radius 1 is 1.53 bits per heavy atom. The number of nitrogens with zero attached hydrogens (tertiary/aromatic N) is 2. The zero-order chi connectivity index (χ0) is 12.4. The van der Waals surface area contributed by atoms with E-state index in [1.165, 1.54) is 11.3 Å². The average Bonchev–Trinajstić information content (AvgIpc) is 2.67. The van der Waals surface area contributed by atoms with Gasteiger partial charge in [-0.2, -0.15) is 5.26 Å². The lowest BCUT2D eigenvalue weighted by Gasteiger charge is -2.27. The monoisotopic (exact) mass is 363 g/mol. The molecule has 0 radical (unpaired) electrons. The summed E-state index contributed by atoms with van der Waals surface area (Å²) in [5.41, 5.74) is 5.84. The van der Waals surface area contributed by atoms with Crippen LogP contribution in [0.4, 0.5) is 5.00 Å². The second kappa shape index (κ2) is 5.20. The van der Waals surface area contributed by atoms with Crippen molar-refractivity contribution < 1.29 is 9.53 Å². The van der Waals surface area contributed by atoms with E-state index < -0.39 is 5.91 Å². The molecule has 2 rings (SSSR count). The predicted molar refractivity (Wildman–Crippen MR) is 73.3 cm³/mol. The molecule has 90 valence electrons. The highest BCUT2D eigenvalue weighted by molar-refractivity contribution is 14.1. The van der Waals surface area contributed by atoms with E-state index in [0.29, 0.717) is 27.2 Å². The van der Waals surface area contributed by atoms with Gasteiger partial charge in [0.1, 0.15) is 21.5 Å². The molecular weight excluding hydrogens is 353 g/mol. The van der Waals surface area contributed by atoms with Gasteiger partial charge in [-0.25, -0.2) is 0 Å². The summed E-state index contributed by atoms with van der Waals surface area (Å²) < 4.78 is 5.92. The highest BCUT2D eigenvalue weighted by Crippen LogP contribution is 2.36. The van der Waals surface area contributed by atoms with Crippen molar-refractivity contribution in [3.63, 3.8) is 0 Å². The Kier molecular flexibility index (Phi) is 3.86. The first kappa shape index (κ1) is 12.6. The van der Waals surface area contributed by atoms with Crippen molar-refractivity contribution in [2.45, 2.75) is 0 Å². The number of thiophene rings is 1. The number of ether oxygens (including phenoxy) is 1.